The SMILES string of the molecule is CCC(CC)CNC(CC)Cc1ccccc1. The molecule has 0 aromatic heterocycles. The van der Waals surface area contributed by atoms with Crippen LogP contribution in [0.1, 0.15) is 45.6 Å². The molecule has 1 nitrogen and oxygen atoms in total. The van der Waals surface area contributed by atoms with E-state index in [4.69, 9.17) is 0 Å². The average molecular weight is 233 g/mol. The van der Waals surface area contributed by atoms with Crippen molar-refractivity contribution in [1.29, 1.82) is 0 Å². The summed E-state index contributed by atoms with van der Waals surface area (Å²) >= 11 is 0. The van der Waals surface area contributed by atoms with Crippen molar-refractivity contribution in [2.45, 2.75) is 52.5 Å². The van der Waals surface area contributed by atoms with Crippen LogP contribution in [0.3, 0.4) is 0 Å². The third-order valence-electron chi connectivity index (χ3n) is 3.67. The van der Waals surface area contributed by atoms with Gasteiger partial charge in [0.05, 0.1) is 0 Å². The summed E-state index contributed by atoms with van der Waals surface area (Å²) < 4.78 is 0. The monoisotopic (exact) mass is 233 g/mol. The lowest BCUT2D eigenvalue weighted by Crippen LogP contribution is -2.34. The van der Waals surface area contributed by atoms with Crippen LogP contribution in [0.25, 0.3) is 0 Å². The lowest BCUT2D eigenvalue weighted by atomic mass is 10.0. The average Bonchev–Trinajstić information content (AvgIpc) is 2.39. The molecule has 1 atom stereocenters. The highest BCUT2D eigenvalue weighted by Crippen LogP contribution is 2.09. The van der Waals surface area contributed by atoms with E-state index < -0.39 is 0 Å². The van der Waals surface area contributed by atoms with E-state index in [1.165, 1.54) is 31.4 Å². The summed E-state index contributed by atoms with van der Waals surface area (Å²) in [7, 11) is 0. The molecule has 1 unspecified atom stereocenters. The molecule has 1 aromatic rings. The fourth-order valence-corrected chi connectivity index (χ4v) is 2.17. The van der Waals surface area contributed by atoms with Crippen molar-refractivity contribution in [3.63, 3.8) is 0 Å². The van der Waals surface area contributed by atoms with Crippen molar-refractivity contribution in [3.05, 3.63) is 35.9 Å². The fourth-order valence-electron chi connectivity index (χ4n) is 2.17. The predicted octanol–water partition coefficient (Wildman–Crippen LogP) is 4.03. The van der Waals surface area contributed by atoms with Crippen LogP contribution in [0.15, 0.2) is 30.3 Å². The Kier molecular flexibility index (Phi) is 6.95. The summed E-state index contributed by atoms with van der Waals surface area (Å²) in [5.74, 6) is 0.833. The first-order chi connectivity index (χ1) is 8.30. The van der Waals surface area contributed by atoms with E-state index in [1.54, 1.807) is 0 Å². The summed E-state index contributed by atoms with van der Waals surface area (Å²) in [6, 6.07) is 11.4. The molecule has 0 fully saturated rings. The molecule has 0 aliphatic carbocycles. The van der Waals surface area contributed by atoms with Crippen molar-refractivity contribution in [2.24, 2.45) is 5.92 Å². The molecule has 0 heterocycles. The van der Waals surface area contributed by atoms with Crippen molar-refractivity contribution in [1.82, 2.24) is 5.32 Å². The van der Waals surface area contributed by atoms with E-state index >= 15 is 0 Å². The maximum Gasteiger partial charge on any atom is 0.0105 e. The molecule has 96 valence electrons. The molecular weight excluding hydrogens is 206 g/mol. The van der Waals surface area contributed by atoms with Gasteiger partial charge in [0.1, 0.15) is 0 Å². The molecule has 0 radical (unpaired) electrons. The minimum Gasteiger partial charge on any atom is -0.313 e. The molecular formula is C16H27N. The van der Waals surface area contributed by atoms with Gasteiger partial charge in [-0.05, 0) is 30.9 Å². The number of rotatable bonds is 8. The molecule has 0 spiro atoms. The third kappa shape index (κ3) is 5.36. The smallest absolute Gasteiger partial charge is 0.0105 e. The molecule has 0 bridgehead atoms. The Balaban J connectivity index is 2.38. The third-order valence-corrected chi connectivity index (χ3v) is 3.67. The lowest BCUT2D eigenvalue weighted by Gasteiger charge is -2.20. The summed E-state index contributed by atoms with van der Waals surface area (Å²) in [4.78, 5) is 0. The topological polar surface area (TPSA) is 12.0 Å². The Morgan fingerprint density at radius 1 is 0.941 bits per heavy atom. The molecule has 17 heavy (non-hydrogen) atoms. The van der Waals surface area contributed by atoms with Crippen LogP contribution in [-0.2, 0) is 6.42 Å². The highest BCUT2D eigenvalue weighted by molar-refractivity contribution is 5.15. The number of benzene rings is 1. The van der Waals surface area contributed by atoms with Crippen LogP contribution in [0.2, 0.25) is 0 Å². The Bertz CT molecular complexity index is 277. The minimum atomic E-state index is 0.623. The first-order valence-electron chi connectivity index (χ1n) is 7.07. The van der Waals surface area contributed by atoms with E-state index in [-0.39, 0.29) is 0 Å². The van der Waals surface area contributed by atoms with Gasteiger partial charge in [-0.25, -0.2) is 0 Å². The van der Waals surface area contributed by atoms with Gasteiger partial charge >= 0.3 is 0 Å². The largest absolute Gasteiger partial charge is 0.313 e. The summed E-state index contributed by atoms with van der Waals surface area (Å²) in [6.45, 7) is 8.01. The van der Waals surface area contributed by atoms with Gasteiger partial charge in [-0.2, -0.15) is 0 Å². The van der Waals surface area contributed by atoms with E-state index in [0.29, 0.717) is 6.04 Å². The number of hydrogen-bond acceptors (Lipinski definition) is 1. The molecule has 1 heteroatoms. The van der Waals surface area contributed by atoms with Gasteiger partial charge in [0, 0.05) is 6.04 Å². The van der Waals surface area contributed by atoms with Gasteiger partial charge in [-0.15, -0.1) is 0 Å². The first kappa shape index (κ1) is 14.2. The van der Waals surface area contributed by atoms with E-state index in [2.05, 4.69) is 56.4 Å². The van der Waals surface area contributed by atoms with Crippen LogP contribution in [0, 0.1) is 5.92 Å². The first-order valence-corrected chi connectivity index (χ1v) is 7.07. The summed E-state index contributed by atoms with van der Waals surface area (Å²) in [5.41, 5.74) is 1.44. The second-order valence-electron chi connectivity index (χ2n) is 4.89. The van der Waals surface area contributed by atoms with Crippen molar-refractivity contribution >= 4 is 0 Å². The minimum absolute atomic E-state index is 0.623. The molecule has 1 N–H and O–H groups in total. The molecule has 1 rings (SSSR count). The zero-order chi connectivity index (χ0) is 12.5. The predicted molar refractivity (Wildman–Crippen MR) is 76.3 cm³/mol. The van der Waals surface area contributed by atoms with Gasteiger partial charge < -0.3 is 5.32 Å². The van der Waals surface area contributed by atoms with Crippen LogP contribution in [0.4, 0.5) is 0 Å². The molecule has 0 aliphatic rings. The zero-order valence-electron chi connectivity index (χ0n) is 11.6. The molecule has 0 saturated heterocycles. The normalized spacial score (nSPS) is 12.9. The maximum absolute atomic E-state index is 3.72. The van der Waals surface area contributed by atoms with E-state index in [1.807, 2.05) is 0 Å². The van der Waals surface area contributed by atoms with Gasteiger partial charge in [-0.3, -0.25) is 0 Å². The Morgan fingerprint density at radius 3 is 2.12 bits per heavy atom. The molecule has 0 aliphatic heterocycles. The van der Waals surface area contributed by atoms with E-state index in [9.17, 15) is 0 Å². The Morgan fingerprint density at radius 2 is 1.59 bits per heavy atom. The second kappa shape index (κ2) is 8.30. The standard InChI is InChI=1S/C16H27N/c1-4-14(5-2)13-17-16(6-3)12-15-10-8-7-9-11-15/h7-11,14,16-17H,4-6,12-13H2,1-3H3. The fraction of sp³-hybridized carbons (Fsp3) is 0.625. The molecule has 0 saturated carbocycles. The quantitative estimate of drug-likeness (QED) is 0.714. The van der Waals surface area contributed by atoms with Crippen LogP contribution < -0.4 is 5.32 Å². The summed E-state index contributed by atoms with van der Waals surface area (Å²) in [6.07, 6.45) is 4.92. The zero-order valence-corrected chi connectivity index (χ0v) is 11.6. The number of hydrogen-bond donors (Lipinski definition) is 1. The number of nitrogens with one attached hydrogen (secondary N) is 1. The maximum atomic E-state index is 3.72. The van der Waals surface area contributed by atoms with Gasteiger partial charge in [0.15, 0.2) is 0 Å². The Labute approximate surface area is 107 Å². The van der Waals surface area contributed by atoms with E-state index in [0.717, 1.165) is 12.3 Å². The Hall–Kier alpha value is -0.820. The molecule has 0 amide bonds. The van der Waals surface area contributed by atoms with Crippen molar-refractivity contribution < 1.29 is 0 Å². The van der Waals surface area contributed by atoms with Gasteiger partial charge in [-0.1, -0.05) is 63.9 Å². The lowest BCUT2D eigenvalue weighted by molar-refractivity contribution is 0.399. The molecule has 1 aromatic carbocycles. The second-order valence-corrected chi connectivity index (χ2v) is 4.89. The van der Waals surface area contributed by atoms with Gasteiger partial charge in [0.25, 0.3) is 0 Å². The van der Waals surface area contributed by atoms with Crippen LogP contribution >= 0.6 is 0 Å². The van der Waals surface area contributed by atoms with Crippen molar-refractivity contribution in [3.8, 4) is 0 Å². The highest BCUT2D eigenvalue weighted by Gasteiger charge is 2.09. The van der Waals surface area contributed by atoms with Gasteiger partial charge in [0.2, 0.25) is 0 Å². The summed E-state index contributed by atoms with van der Waals surface area (Å²) in [5, 5.41) is 3.72. The van der Waals surface area contributed by atoms with Crippen LogP contribution in [0.5, 0.6) is 0 Å². The highest BCUT2D eigenvalue weighted by atomic mass is 14.9. The van der Waals surface area contributed by atoms with Crippen molar-refractivity contribution in [2.75, 3.05) is 6.54 Å². The van der Waals surface area contributed by atoms with Crippen LogP contribution in [-0.4, -0.2) is 12.6 Å².